The second kappa shape index (κ2) is 7.38. The summed E-state index contributed by atoms with van der Waals surface area (Å²) >= 11 is 0. The van der Waals surface area contributed by atoms with Crippen molar-refractivity contribution >= 4 is 17.7 Å². The highest BCUT2D eigenvalue weighted by Gasteiger charge is 2.20. The Bertz CT molecular complexity index is 1110. The number of carbonyl (C=O) groups is 2. The van der Waals surface area contributed by atoms with Crippen LogP contribution >= 0.6 is 0 Å². The zero-order valence-electron chi connectivity index (χ0n) is 16.1. The number of carbonyl (C=O) groups excluding carboxylic acids is 2. The summed E-state index contributed by atoms with van der Waals surface area (Å²) in [6.45, 7) is 5.20. The lowest BCUT2D eigenvalue weighted by Gasteiger charge is -2.14. The molecule has 0 radical (unpaired) electrons. The highest BCUT2D eigenvalue weighted by Crippen LogP contribution is 2.34. The molecular weight excluding hydrogens is 378 g/mol. The largest absolute Gasteiger partial charge is 0.454 e. The molecule has 0 spiro atoms. The molecule has 3 aromatic rings. The number of rotatable bonds is 5. The van der Waals surface area contributed by atoms with E-state index in [4.69, 9.17) is 14.2 Å². The minimum absolute atomic E-state index is 0.150. The SMILES string of the molecule is Cc1cc(C)n2nc(C(=O)OCC(=O)N[C@H](C)c3ccc4c(c3)OCO4)nc2n1. The molecule has 0 aliphatic carbocycles. The molecule has 0 saturated heterocycles. The van der Waals surface area contributed by atoms with E-state index in [9.17, 15) is 9.59 Å². The topological polar surface area (TPSA) is 117 Å². The molecule has 150 valence electrons. The molecule has 1 amide bonds. The maximum Gasteiger partial charge on any atom is 0.378 e. The molecule has 2 aromatic heterocycles. The average Bonchev–Trinajstić information content (AvgIpc) is 3.32. The molecule has 10 heteroatoms. The van der Waals surface area contributed by atoms with E-state index >= 15 is 0 Å². The van der Waals surface area contributed by atoms with Crippen LogP contribution in [0.15, 0.2) is 24.3 Å². The van der Waals surface area contributed by atoms with Crippen LogP contribution in [0.5, 0.6) is 11.5 Å². The lowest BCUT2D eigenvalue weighted by Crippen LogP contribution is -2.31. The second-order valence-corrected chi connectivity index (χ2v) is 6.66. The maximum atomic E-state index is 12.2. The normalized spacial score (nSPS) is 13.3. The van der Waals surface area contributed by atoms with E-state index in [1.165, 1.54) is 4.52 Å². The molecule has 3 heterocycles. The van der Waals surface area contributed by atoms with Crippen molar-refractivity contribution in [3.05, 3.63) is 47.0 Å². The van der Waals surface area contributed by atoms with Gasteiger partial charge in [0, 0.05) is 11.4 Å². The Balaban J connectivity index is 1.35. The number of benzene rings is 1. The average molecular weight is 397 g/mol. The van der Waals surface area contributed by atoms with Crippen molar-refractivity contribution in [2.45, 2.75) is 26.8 Å². The molecule has 0 unspecified atom stereocenters. The number of nitrogens with one attached hydrogen (secondary N) is 1. The summed E-state index contributed by atoms with van der Waals surface area (Å²) in [6, 6.07) is 6.94. The zero-order valence-corrected chi connectivity index (χ0v) is 16.1. The highest BCUT2D eigenvalue weighted by atomic mass is 16.7. The highest BCUT2D eigenvalue weighted by molar-refractivity contribution is 5.88. The van der Waals surface area contributed by atoms with Gasteiger partial charge in [-0.3, -0.25) is 4.79 Å². The third kappa shape index (κ3) is 3.82. The first-order chi connectivity index (χ1) is 13.9. The summed E-state index contributed by atoms with van der Waals surface area (Å²) in [5, 5.41) is 6.85. The van der Waals surface area contributed by atoms with Gasteiger partial charge in [-0.2, -0.15) is 4.98 Å². The summed E-state index contributed by atoms with van der Waals surface area (Å²) in [6.07, 6.45) is 0. The number of hydrogen-bond acceptors (Lipinski definition) is 8. The number of fused-ring (bicyclic) bond motifs is 2. The summed E-state index contributed by atoms with van der Waals surface area (Å²) in [5.41, 5.74) is 2.39. The van der Waals surface area contributed by atoms with E-state index in [1.807, 2.05) is 32.9 Å². The molecule has 1 atom stereocenters. The predicted octanol–water partition coefficient (Wildman–Crippen LogP) is 1.50. The Hall–Kier alpha value is -3.69. The van der Waals surface area contributed by atoms with Crippen molar-refractivity contribution < 1.29 is 23.8 Å². The second-order valence-electron chi connectivity index (χ2n) is 6.66. The van der Waals surface area contributed by atoms with Crippen LogP contribution in [0.2, 0.25) is 0 Å². The predicted molar refractivity (Wildman–Crippen MR) is 99.7 cm³/mol. The van der Waals surface area contributed by atoms with E-state index in [0.29, 0.717) is 17.3 Å². The maximum absolute atomic E-state index is 12.2. The van der Waals surface area contributed by atoms with Gasteiger partial charge in [0.2, 0.25) is 6.79 Å². The van der Waals surface area contributed by atoms with Gasteiger partial charge in [0.15, 0.2) is 18.1 Å². The molecule has 0 saturated carbocycles. The molecule has 1 aliphatic heterocycles. The molecular formula is C19H19N5O5. The minimum Gasteiger partial charge on any atom is -0.454 e. The Kier molecular flexibility index (Phi) is 4.75. The fraction of sp³-hybridized carbons (Fsp3) is 0.316. The van der Waals surface area contributed by atoms with Crippen LogP contribution in [0.3, 0.4) is 0 Å². The molecule has 4 rings (SSSR count). The van der Waals surface area contributed by atoms with Crippen molar-refractivity contribution in [1.29, 1.82) is 0 Å². The number of esters is 1. The Morgan fingerprint density at radius 2 is 2.00 bits per heavy atom. The van der Waals surface area contributed by atoms with E-state index in [1.54, 1.807) is 12.1 Å². The molecule has 0 bridgehead atoms. The summed E-state index contributed by atoms with van der Waals surface area (Å²) < 4.78 is 17.1. The van der Waals surface area contributed by atoms with E-state index in [-0.39, 0.29) is 18.7 Å². The summed E-state index contributed by atoms with van der Waals surface area (Å²) in [4.78, 5) is 32.6. The molecule has 10 nitrogen and oxygen atoms in total. The molecule has 0 fully saturated rings. The van der Waals surface area contributed by atoms with Gasteiger partial charge in [-0.25, -0.2) is 14.3 Å². The van der Waals surface area contributed by atoms with Crippen LogP contribution in [0.25, 0.3) is 5.78 Å². The van der Waals surface area contributed by atoms with Crippen LogP contribution in [0, 0.1) is 13.8 Å². The minimum atomic E-state index is -0.793. The fourth-order valence-corrected chi connectivity index (χ4v) is 3.00. The molecule has 1 N–H and O–H groups in total. The lowest BCUT2D eigenvalue weighted by atomic mass is 10.1. The van der Waals surface area contributed by atoms with Crippen LogP contribution in [-0.2, 0) is 9.53 Å². The van der Waals surface area contributed by atoms with Crippen molar-refractivity contribution in [3.63, 3.8) is 0 Å². The van der Waals surface area contributed by atoms with Crippen LogP contribution in [-0.4, -0.2) is 44.9 Å². The Labute approximate surface area is 165 Å². The first-order valence-corrected chi connectivity index (χ1v) is 8.98. The smallest absolute Gasteiger partial charge is 0.378 e. The number of nitrogens with zero attached hydrogens (tertiary/aromatic N) is 4. The van der Waals surface area contributed by atoms with Crippen molar-refractivity contribution in [1.82, 2.24) is 24.9 Å². The van der Waals surface area contributed by atoms with Crippen molar-refractivity contribution in [2.24, 2.45) is 0 Å². The Morgan fingerprint density at radius 3 is 2.83 bits per heavy atom. The van der Waals surface area contributed by atoms with Gasteiger partial charge in [0.05, 0.1) is 6.04 Å². The van der Waals surface area contributed by atoms with E-state index < -0.39 is 18.5 Å². The zero-order chi connectivity index (χ0) is 20.5. The van der Waals surface area contributed by atoms with E-state index in [0.717, 1.165) is 17.0 Å². The van der Waals surface area contributed by atoms with Gasteiger partial charge >= 0.3 is 5.97 Å². The molecule has 29 heavy (non-hydrogen) atoms. The Morgan fingerprint density at radius 1 is 1.21 bits per heavy atom. The third-order valence-corrected chi connectivity index (χ3v) is 4.41. The van der Waals surface area contributed by atoms with Gasteiger partial charge in [0.25, 0.3) is 17.5 Å². The van der Waals surface area contributed by atoms with Crippen LogP contribution in [0.1, 0.15) is 40.5 Å². The number of amides is 1. The van der Waals surface area contributed by atoms with Gasteiger partial charge in [-0.1, -0.05) is 6.07 Å². The third-order valence-electron chi connectivity index (χ3n) is 4.41. The van der Waals surface area contributed by atoms with Gasteiger partial charge < -0.3 is 19.5 Å². The number of hydrogen-bond donors (Lipinski definition) is 1. The van der Waals surface area contributed by atoms with Crippen LogP contribution in [0.4, 0.5) is 0 Å². The van der Waals surface area contributed by atoms with Gasteiger partial charge in [-0.15, -0.1) is 5.10 Å². The van der Waals surface area contributed by atoms with Gasteiger partial charge in [0.1, 0.15) is 0 Å². The van der Waals surface area contributed by atoms with Crippen LogP contribution < -0.4 is 14.8 Å². The number of ether oxygens (including phenoxy) is 3. The van der Waals surface area contributed by atoms with Gasteiger partial charge in [-0.05, 0) is 44.5 Å². The summed E-state index contributed by atoms with van der Waals surface area (Å²) in [5.74, 6) is 0.210. The first-order valence-electron chi connectivity index (χ1n) is 8.98. The van der Waals surface area contributed by atoms with E-state index in [2.05, 4.69) is 20.4 Å². The molecule has 1 aromatic carbocycles. The first kappa shape index (κ1) is 18.7. The standard InChI is InChI=1S/C19H19N5O5/c1-10-6-11(2)24-19(20-10)22-17(23-24)18(26)27-8-16(25)21-12(3)13-4-5-14-15(7-13)29-9-28-14/h4-7,12H,8-9H2,1-3H3,(H,21,25)/t12-/m1/s1. The number of aryl methyl sites for hydroxylation is 2. The lowest BCUT2D eigenvalue weighted by molar-refractivity contribution is -0.124. The van der Waals surface area contributed by atoms with Crippen molar-refractivity contribution in [2.75, 3.05) is 13.4 Å². The monoisotopic (exact) mass is 397 g/mol. The number of aromatic nitrogens is 4. The molecule has 1 aliphatic rings. The summed E-state index contributed by atoms with van der Waals surface area (Å²) in [7, 11) is 0. The fourth-order valence-electron chi connectivity index (χ4n) is 3.00. The van der Waals surface area contributed by atoms with Crippen molar-refractivity contribution in [3.8, 4) is 11.5 Å². The quantitative estimate of drug-likeness (QED) is 0.644.